The third kappa shape index (κ3) is 7.36. The first-order valence-electron chi connectivity index (χ1n) is 12.6. The van der Waals surface area contributed by atoms with Gasteiger partial charge in [0.1, 0.15) is 18.1 Å². The summed E-state index contributed by atoms with van der Waals surface area (Å²) in [5.74, 6) is 2.06. The summed E-state index contributed by atoms with van der Waals surface area (Å²) in [4.78, 5) is 2.58. The first-order chi connectivity index (χ1) is 16.5. The molecule has 0 heterocycles. The second-order valence-electron chi connectivity index (χ2n) is 9.56. The van der Waals surface area contributed by atoms with Crippen LogP contribution in [0.15, 0.2) is 78.9 Å². The largest absolute Gasteiger partial charge is 0.497 e. The van der Waals surface area contributed by atoms with Crippen LogP contribution in [0.3, 0.4) is 0 Å². The lowest BCUT2D eigenvalue weighted by Crippen LogP contribution is -2.37. The van der Waals surface area contributed by atoms with Crippen molar-refractivity contribution in [2.75, 3.05) is 13.7 Å². The topological polar surface area (TPSA) is 21.7 Å². The second-order valence-corrected chi connectivity index (χ2v) is 9.56. The number of rotatable bonds is 13. The number of unbranched alkanes of at least 4 members (excludes halogenated alkanes) is 1. The van der Waals surface area contributed by atoms with Crippen molar-refractivity contribution in [2.45, 2.75) is 71.6 Å². The maximum absolute atomic E-state index is 6.37. The maximum atomic E-state index is 6.37. The molecule has 0 aromatic heterocycles. The predicted octanol–water partition coefficient (Wildman–Crippen LogP) is 7.70. The van der Waals surface area contributed by atoms with Gasteiger partial charge in [-0.25, -0.2) is 0 Å². The van der Waals surface area contributed by atoms with Gasteiger partial charge in [-0.1, -0.05) is 67.1 Å². The van der Waals surface area contributed by atoms with Crippen LogP contribution in [0.1, 0.15) is 69.6 Å². The predicted molar refractivity (Wildman–Crippen MR) is 143 cm³/mol. The highest BCUT2D eigenvalue weighted by atomic mass is 16.5. The Morgan fingerprint density at radius 1 is 0.765 bits per heavy atom. The van der Waals surface area contributed by atoms with Crippen molar-refractivity contribution in [2.24, 2.45) is 0 Å². The molecule has 0 amide bonds. The molecule has 0 aliphatic heterocycles. The van der Waals surface area contributed by atoms with Crippen LogP contribution in [0.4, 0.5) is 0 Å². The molecule has 0 saturated heterocycles. The molecule has 0 aliphatic rings. The quantitative estimate of drug-likeness (QED) is 0.244. The van der Waals surface area contributed by atoms with E-state index in [9.17, 15) is 0 Å². The standard InChI is InChI=1S/C31H41NO2/c1-24(2)32(25(3)4)21-13-12-18-29(27-16-10-7-11-17-27)30-22-28(33-5)19-20-31(30)34-23-26-14-8-6-9-15-26/h6-11,14-17,19-20,22,24-25,29H,12-13,18,21,23H2,1-5H3. The van der Waals surface area contributed by atoms with E-state index in [4.69, 9.17) is 9.47 Å². The number of hydrogen-bond acceptors (Lipinski definition) is 3. The third-order valence-corrected chi connectivity index (χ3v) is 6.52. The zero-order valence-corrected chi connectivity index (χ0v) is 21.5. The molecule has 182 valence electrons. The monoisotopic (exact) mass is 459 g/mol. The molecule has 3 aromatic carbocycles. The summed E-state index contributed by atoms with van der Waals surface area (Å²) in [6, 6.07) is 28.5. The molecule has 0 spiro atoms. The van der Waals surface area contributed by atoms with E-state index < -0.39 is 0 Å². The van der Waals surface area contributed by atoms with Gasteiger partial charge in [0.15, 0.2) is 0 Å². The zero-order chi connectivity index (χ0) is 24.3. The van der Waals surface area contributed by atoms with Gasteiger partial charge in [-0.3, -0.25) is 4.90 Å². The summed E-state index contributed by atoms with van der Waals surface area (Å²) in [6.07, 6.45) is 3.41. The van der Waals surface area contributed by atoms with E-state index in [-0.39, 0.29) is 5.92 Å². The van der Waals surface area contributed by atoms with Crippen molar-refractivity contribution in [3.63, 3.8) is 0 Å². The lowest BCUT2D eigenvalue weighted by molar-refractivity contribution is 0.171. The second kappa shape index (κ2) is 13.2. The fourth-order valence-corrected chi connectivity index (χ4v) is 4.74. The van der Waals surface area contributed by atoms with Crippen molar-refractivity contribution < 1.29 is 9.47 Å². The first-order valence-corrected chi connectivity index (χ1v) is 12.6. The fraction of sp³-hybridized carbons (Fsp3) is 0.419. The summed E-state index contributed by atoms with van der Waals surface area (Å²) in [5, 5.41) is 0. The van der Waals surface area contributed by atoms with Gasteiger partial charge in [-0.15, -0.1) is 0 Å². The maximum Gasteiger partial charge on any atom is 0.123 e. The lowest BCUT2D eigenvalue weighted by Gasteiger charge is -2.30. The van der Waals surface area contributed by atoms with Crippen molar-refractivity contribution >= 4 is 0 Å². The summed E-state index contributed by atoms with van der Waals surface area (Å²) < 4.78 is 12.0. The fourth-order valence-electron chi connectivity index (χ4n) is 4.74. The highest BCUT2D eigenvalue weighted by molar-refractivity contribution is 5.46. The summed E-state index contributed by atoms with van der Waals surface area (Å²) in [6.45, 7) is 10.9. The normalized spacial score (nSPS) is 12.4. The van der Waals surface area contributed by atoms with Crippen LogP contribution in [0, 0.1) is 0 Å². The van der Waals surface area contributed by atoms with E-state index in [1.165, 1.54) is 23.1 Å². The number of hydrogen-bond donors (Lipinski definition) is 0. The SMILES string of the molecule is COc1ccc(OCc2ccccc2)c(C(CCCCN(C(C)C)C(C)C)c2ccccc2)c1. The van der Waals surface area contributed by atoms with Crippen molar-refractivity contribution in [3.8, 4) is 11.5 Å². The third-order valence-electron chi connectivity index (χ3n) is 6.52. The highest BCUT2D eigenvalue weighted by Crippen LogP contribution is 2.38. The van der Waals surface area contributed by atoms with Crippen molar-refractivity contribution in [3.05, 3.63) is 95.6 Å². The first kappa shape index (κ1) is 25.8. The molecule has 3 nitrogen and oxygen atoms in total. The van der Waals surface area contributed by atoms with Crippen LogP contribution in [0.2, 0.25) is 0 Å². The highest BCUT2D eigenvalue weighted by Gasteiger charge is 2.20. The number of methoxy groups -OCH3 is 1. The average Bonchev–Trinajstić information content (AvgIpc) is 2.85. The molecule has 0 radical (unpaired) electrons. The van der Waals surface area contributed by atoms with Gasteiger partial charge in [0.05, 0.1) is 7.11 Å². The Balaban J connectivity index is 1.82. The minimum Gasteiger partial charge on any atom is -0.497 e. The molecule has 1 atom stereocenters. The molecule has 34 heavy (non-hydrogen) atoms. The lowest BCUT2D eigenvalue weighted by atomic mass is 9.86. The Hall–Kier alpha value is -2.78. The molecule has 0 bridgehead atoms. The molecule has 0 N–H and O–H groups in total. The minimum atomic E-state index is 0.258. The van der Waals surface area contributed by atoms with Gasteiger partial charge in [0, 0.05) is 23.6 Å². The van der Waals surface area contributed by atoms with Crippen molar-refractivity contribution in [1.82, 2.24) is 4.90 Å². The molecule has 0 aliphatic carbocycles. The van der Waals surface area contributed by atoms with E-state index >= 15 is 0 Å². The van der Waals surface area contributed by atoms with Crippen LogP contribution < -0.4 is 9.47 Å². The molecule has 3 rings (SSSR count). The Kier molecular flexibility index (Phi) is 10.0. The van der Waals surface area contributed by atoms with E-state index in [1.54, 1.807) is 7.11 Å². The van der Waals surface area contributed by atoms with E-state index in [0.717, 1.165) is 30.9 Å². The number of benzene rings is 3. The molecule has 0 fully saturated rings. The van der Waals surface area contributed by atoms with Crippen LogP contribution in [-0.2, 0) is 6.61 Å². The van der Waals surface area contributed by atoms with Crippen LogP contribution in [0.5, 0.6) is 11.5 Å². The summed E-state index contributed by atoms with van der Waals surface area (Å²) in [5.41, 5.74) is 3.69. The van der Waals surface area contributed by atoms with Crippen molar-refractivity contribution in [1.29, 1.82) is 0 Å². The molecule has 0 saturated carbocycles. The summed E-state index contributed by atoms with van der Waals surface area (Å²) in [7, 11) is 1.73. The van der Waals surface area contributed by atoms with Crippen LogP contribution in [0.25, 0.3) is 0 Å². The Morgan fingerprint density at radius 3 is 2.03 bits per heavy atom. The smallest absolute Gasteiger partial charge is 0.123 e. The molecular weight excluding hydrogens is 418 g/mol. The Bertz CT molecular complexity index is 961. The number of ether oxygens (including phenoxy) is 2. The Morgan fingerprint density at radius 2 is 1.41 bits per heavy atom. The molecule has 3 aromatic rings. The van der Waals surface area contributed by atoms with Crippen LogP contribution in [-0.4, -0.2) is 30.6 Å². The minimum absolute atomic E-state index is 0.258. The van der Waals surface area contributed by atoms with Gasteiger partial charge in [-0.05, 0) is 76.4 Å². The van der Waals surface area contributed by atoms with Gasteiger partial charge in [0.2, 0.25) is 0 Å². The van der Waals surface area contributed by atoms with E-state index in [2.05, 4.69) is 99.3 Å². The summed E-state index contributed by atoms with van der Waals surface area (Å²) >= 11 is 0. The Labute approximate surface area is 206 Å². The van der Waals surface area contributed by atoms with E-state index in [0.29, 0.717) is 18.7 Å². The van der Waals surface area contributed by atoms with Crippen LogP contribution >= 0.6 is 0 Å². The van der Waals surface area contributed by atoms with Gasteiger partial charge in [-0.2, -0.15) is 0 Å². The van der Waals surface area contributed by atoms with Gasteiger partial charge in [0.25, 0.3) is 0 Å². The van der Waals surface area contributed by atoms with Gasteiger partial charge >= 0.3 is 0 Å². The van der Waals surface area contributed by atoms with Gasteiger partial charge < -0.3 is 9.47 Å². The average molecular weight is 460 g/mol. The zero-order valence-electron chi connectivity index (χ0n) is 21.5. The molecule has 1 unspecified atom stereocenters. The molecular formula is C31H41NO2. The molecule has 3 heteroatoms. The number of nitrogens with zero attached hydrogens (tertiary/aromatic N) is 1. The van der Waals surface area contributed by atoms with E-state index in [1.807, 2.05) is 12.1 Å².